The molecule has 134 valence electrons. The van der Waals surface area contributed by atoms with Crippen LogP contribution in [-0.4, -0.2) is 44.7 Å². The lowest BCUT2D eigenvalue weighted by atomic mass is 9.91. The normalized spacial score (nSPS) is 36.2. The third kappa shape index (κ3) is 3.31. The first-order valence-electron chi connectivity index (χ1n) is 8.71. The first-order valence-corrected chi connectivity index (χ1v) is 10.5. The number of ether oxygens (including phenoxy) is 1. The van der Waals surface area contributed by atoms with Crippen LogP contribution in [0, 0.1) is 5.92 Å². The van der Waals surface area contributed by atoms with Gasteiger partial charge in [-0.1, -0.05) is 54.5 Å². The Morgan fingerprint density at radius 3 is 2.17 bits per heavy atom. The summed E-state index contributed by atoms with van der Waals surface area (Å²) in [6, 6.07) is 0. The van der Waals surface area contributed by atoms with Crippen LogP contribution in [0.2, 0.25) is 10.1 Å². The Morgan fingerprint density at radius 2 is 1.70 bits per heavy atom. The summed E-state index contributed by atoms with van der Waals surface area (Å²) in [7, 11) is -2.49. The summed E-state index contributed by atoms with van der Waals surface area (Å²) in [5, 5.41) is 10.4. The number of hydrogen-bond acceptors (Lipinski definition) is 4. The van der Waals surface area contributed by atoms with Crippen LogP contribution >= 0.6 is 0 Å². The van der Waals surface area contributed by atoms with E-state index in [1.165, 1.54) is 0 Å². The number of rotatable bonds is 2. The Labute approximate surface area is 142 Å². The van der Waals surface area contributed by atoms with Crippen molar-refractivity contribution in [2.75, 3.05) is 6.61 Å². The van der Waals surface area contributed by atoms with E-state index in [2.05, 4.69) is 48.1 Å². The minimum absolute atomic E-state index is 0.0492. The smallest absolute Gasteiger partial charge is 0.349 e. The van der Waals surface area contributed by atoms with Crippen molar-refractivity contribution in [3.05, 3.63) is 12.7 Å². The summed E-state index contributed by atoms with van der Waals surface area (Å²) in [6.45, 7) is 19.6. The topological polar surface area (TPSA) is 47.9 Å². The number of aliphatic hydroxyl groups is 1. The van der Waals surface area contributed by atoms with Gasteiger partial charge < -0.3 is 18.7 Å². The molecule has 0 aromatic heterocycles. The first kappa shape index (κ1) is 19.1. The average Bonchev–Trinajstić information content (AvgIpc) is 2.42. The zero-order valence-electron chi connectivity index (χ0n) is 15.8. The Morgan fingerprint density at radius 1 is 1.13 bits per heavy atom. The molecule has 2 aliphatic heterocycles. The highest BCUT2D eigenvalue weighted by Gasteiger charge is 2.62. The maximum absolute atomic E-state index is 10.5. The molecule has 0 aromatic rings. The summed E-state index contributed by atoms with van der Waals surface area (Å²) in [6.07, 6.45) is 1.52. The van der Waals surface area contributed by atoms with Gasteiger partial charge in [0.05, 0.1) is 24.9 Å². The van der Waals surface area contributed by atoms with Crippen LogP contribution in [0.15, 0.2) is 12.7 Å². The highest BCUT2D eigenvalue weighted by atomic mass is 28.4. The quantitative estimate of drug-likeness (QED) is 0.613. The van der Waals surface area contributed by atoms with Gasteiger partial charge in [0.1, 0.15) is 6.10 Å². The van der Waals surface area contributed by atoms with Gasteiger partial charge in [0, 0.05) is 22.4 Å². The molecule has 0 aliphatic carbocycles. The molecule has 0 bridgehead atoms. The zero-order chi connectivity index (χ0) is 17.6. The first-order chi connectivity index (χ1) is 10.4. The molecular formula is C18H34O4Si. The Hall–Kier alpha value is -0.203. The van der Waals surface area contributed by atoms with Crippen molar-refractivity contribution in [3.63, 3.8) is 0 Å². The van der Waals surface area contributed by atoms with Gasteiger partial charge in [-0.2, -0.15) is 0 Å². The molecule has 5 heteroatoms. The third-order valence-electron chi connectivity index (χ3n) is 5.23. The lowest BCUT2D eigenvalue weighted by molar-refractivity contribution is -0.206. The Bertz CT molecular complexity index is 423. The molecule has 5 atom stereocenters. The van der Waals surface area contributed by atoms with Crippen LogP contribution in [0.3, 0.4) is 0 Å². The fourth-order valence-corrected chi connectivity index (χ4v) is 9.11. The summed E-state index contributed by atoms with van der Waals surface area (Å²) in [4.78, 5) is 0. The number of fused-ring (bicyclic) bond motifs is 1. The molecule has 1 N–H and O–H groups in total. The molecule has 0 unspecified atom stereocenters. The van der Waals surface area contributed by atoms with E-state index in [4.69, 9.17) is 13.6 Å². The third-order valence-corrected chi connectivity index (χ3v) is 10.4. The van der Waals surface area contributed by atoms with E-state index in [9.17, 15) is 5.11 Å². The van der Waals surface area contributed by atoms with Crippen molar-refractivity contribution < 1.29 is 18.7 Å². The lowest BCUT2D eigenvalue weighted by Crippen LogP contribution is -2.67. The van der Waals surface area contributed by atoms with E-state index in [1.807, 2.05) is 13.0 Å². The Kier molecular flexibility index (Phi) is 5.21. The van der Waals surface area contributed by atoms with Gasteiger partial charge in [-0.3, -0.25) is 0 Å². The average molecular weight is 343 g/mol. The van der Waals surface area contributed by atoms with Crippen LogP contribution in [0.1, 0.15) is 54.9 Å². The van der Waals surface area contributed by atoms with Gasteiger partial charge in [-0.05, 0) is 0 Å². The lowest BCUT2D eigenvalue weighted by Gasteiger charge is -2.56. The molecule has 0 radical (unpaired) electrons. The predicted molar refractivity (Wildman–Crippen MR) is 94.7 cm³/mol. The van der Waals surface area contributed by atoms with Crippen molar-refractivity contribution in [2.24, 2.45) is 5.92 Å². The molecule has 2 saturated heterocycles. The monoisotopic (exact) mass is 342 g/mol. The minimum Gasteiger partial charge on any atom is -0.391 e. The van der Waals surface area contributed by atoms with Crippen molar-refractivity contribution in [3.8, 4) is 0 Å². The molecule has 0 amide bonds. The van der Waals surface area contributed by atoms with Crippen molar-refractivity contribution in [1.82, 2.24) is 0 Å². The van der Waals surface area contributed by atoms with Gasteiger partial charge in [0.25, 0.3) is 0 Å². The fraction of sp³-hybridized carbons (Fsp3) is 0.889. The van der Waals surface area contributed by atoms with E-state index in [-0.39, 0.29) is 34.3 Å². The molecule has 2 rings (SSSR count). The highest BCUT2D eigenvalue weighted by molar-refractivity contribution is 6.73. The molecule has 2 heterocycles. The number of hydrogen-bond donors (Lipinski definition) is 1. The number of aliphatic hydroxyl groups excluding tert-OH is 1. The summed E-state index contributed by atoms with van der Waals surface area (Å²) >= 11 is 0. The molecule has 0 saturated carbocycles. The van der Waals surface area contributed by atoms with Crippen molar-refractivity contribution in [2.45, 2.75) is 89.4 Å². The molecule has 2 fully saturated rings. The maximum Gasteiger partial charge on any atom is 0.349 e. The molecule has 4 nitrogen and oxygen atoms in total. The fourth-order valence-electron chi connectivity index (χ4n) is 4.14. The van der Waals surface area contributed by atoms with Crippen molar-refractivity contribution >= 4 is 8.56 Å². The van der Waals surface area contributed by atoms with Crippen LogP contribution in [0.5, 0.6) is 0 Å². The summed E-state index contributed by atoms with van der Waals surface area (Å²) < 4.78 is 19.2. The SMILES string of the molecule is C=C[C@@H](C)[C@@H]1O[C@@H]2CO[Si](C(C)(C)C)(C(C)(C)C)O[C@@H]2C[C@@H]1O. The predicted octanol–water partition coefficient (Wildman–Crippen LogP) is 3.78. The standard InChI is InChI=1S/C18H34O4Si/c1-9-12(2)16-13(19)10-14-15(21-16)11-20-23(22-14,17(3,4)5)18(6,7)8/h9,12-16,19H,1,10-11H2,2-8H3/t12-,13+,14-,15-,16+/m1/s1. The molecular weight excluding hydrogens is 308 g/mol. The van der Waals surface area contributed by atoms with Crippen LogP contribution in [-0.2, 0) is 13.6 Å². The highest BCUT2D eigenvalue weighted by Crippen LogP contribution is 2.55. The van der Waals surface area contributed by atoms with Crippen LogP contribution < -0.4 is 0 Å². The van der Waals surface area contributed by atoms with Gasteiger partial charge >= 0.3 is 8.56 Å². The van der Waals surface area contributed by atoms with Crippen LogP contribution in [0.4, 0.5) is 0 Å². The zero-order valence-corrected chi connectivity index (χ0v) is 16.8. The minimum atomic E-state index is -2.49. The largest absolute Gasteiger partial charge is 0.391 e. The van der Waals surface area contributed by atoms with Gasteiger partial charge in [0.2, 0.25) is 0 Å². The second-order valence-corrected chi connectivity index (χ2v) is 13.9. The molecule has 0 spiro atoms. The molecule has 23 heavy (non-hydrogen) atoms. The second-order valence-electron chi connectivity index (χ2n) is 9.12. The molecule has 2 aliphatic rings. The summed E-state index contributed by atoms with van der Waals surface area (Å²) in [5.41, 5.74) is 0. The van der Waals surface area contributed by atoms with Crippen molar-refractivity contribution in [1.29, 1.82) is 0 Å². The van der Waals surface area contributed by atoms with E-state index in [0.29, 0.717) is 13.0 Å². The van der Waals surface area contributed by atoms with Gasteiger partial charge in [-0.25, -0.2) is 0 Å². The Balaban J connectivity index is 2.23. The van der Waals surface area contributed by atoms with E-state index in [0.717, 1.165) is 0 Å². The van der Waals surface area contributed by atoms with Gasteiger partial charge in [0.15, 0.2) is 0 Å². The second kappa shape index (κ2) is 6.26. The van der Waals surface area contributed by atoms with E-state index < -0.39 is 14.7 Å². The van der Waals surface area contributed by atoms with Crippen LogP contribution in [0.25, 0.3) is 0 Å². The van der Waals surface area contributed by atoms with E-state index in [1.54, 1.807) is 0 Å². The summed E-state index contributed by atoms with van der Waals surface area (Å²) in [5.74, 6) is 0.111. The van der Waals surface area contributed by atoms with Gasteiger partial charge in [-0.15, -0.1) is 6.58 Å². The molecule has 0 aromatic carbocycles. The maximum atomic E-state index is 10.5. The van der Waals surface area contributed by atoms with E-state index >= 15 is 0 Å².